The molecule has 0 saturated carbocycles. The molecular weight excluding hydrogens is 413 g/mol. The monoisotopic (exact) mass is 431 g/mol. The molecule has 0 radical (unpaired) electrons. The predicted molar refractivity (Wildman–Crippen MR) is 119 cm³/mol. The summed E-state index contributed by atoms with van der Waals surface area (Å²) >= 11 is 0. The lowest BCUT2D eigenvalue weighted by Gasteiger charge is -2.18. The van der Waals surface area contributed by atoms with Crippen molar-refractivity contribution in [3.05, 3.63) is 99.9 Å². The Morgan fingerprint density at radius 1 is 0.969 bits per heavy atom. The molecule has 0 spiro atoms. The first kappa shape index (κ1) is 20.9. The van der Waals surface area contributed by atoms with Crippen LogP contribution in [-0.4, -0.2) is 22.8 Å². The minimum Gasteiger partial charge on any atom is -0.368 e. The van der Waals surface area contributed by atoms with Gasteiger partial charge in [0.1, 0.15) is 6.04 Å². The molecule has 4 aromatic rings. The number of rotatable bonds is 6. The molecule has 160 valence electrons. The van der Waals surface area contributed by atoms with Crippen LogP contribution in [0.4, 0.5) is 10.1 Å². The molecule has 0 bridgehead atoms. The van der Waals surface area contributed by atoms with Gasteiger partial charge in [0, 0.05) is 12.5 Å². The van der Waals surface area contributed by atoms with Crippen LogP contribution in [0.2, 0.25) is 0 Å². The topological polar surface area (TPSA) is 115 Å². The number of nitro groups is 1. The Balaban J connectivity index is 1.71. The number of nitrogens with one attached hydrogen (secondary N) is 1. The Kier molecular flexibility index (Phi) is 5.51. The van der Waals surface area contributed by atoms with Gasteiger partial charge in [-0.3, -0.25) is 19.7 Å². The molecule has 0 unspecified atom stereocenters. The molecule has 0 saturated heterocycles. The van der Waals surface area contributed by atoms with Gasteiger partial charge < -0.3 is 11.1 Å². The Labute approximate surface area is 181 Å². The van der Waals surface area contributed by atoms with Crippen LogP contribution in [0.15, 0.2) is 72.8 Å². The van der Waals surface area contributed by atoms with Gasteiger partial charge in [-0.25, -0.2) is 0 Å². The first-order valence-corrected chi connectivity index (χ1v) is 9.78. The maximum absolute atomic E-state index is 13.6. The van der Waals surface area contributed by atoms with Gasteiger partial charge in [0.15, 0.2) is 0 Å². The van der Waals surface area contributed by atoms with E-state index in [1.54, 1.807) is 0 Å². The third kappa shape index (κ3) is 3.98. The summed E-state index contributed by atoms with van der Waals surface area (Å²) in [4.78, 5) is 35.6. The number of carbonyl (C=O) groups excluding carboxylic acids is 2. The Morgan fingerprint density at radius 2 is 1.56 bits per heavy atom. The van der Waals surface area contributed by atoms with Crippen LogP contribution in [-0.2, 0) is 11.2 Å². The van der Waals surface area contributed by atoms with E-state index in [0.29, 0.717) is 21.9 Å². The van der Waals surface area contributed by atoms with Crippen molar-refractivity contribution in [3.63, 3.8) is 0 Å². The Hall–Kier alpha value is -4.33. The third-order valence-corrected chi connectivity index (χ3v) is 5.29. The van der Waals surface area contributed by atoms with Gasteiger partial charge in [0.2, 0.25) is 11.7 Å². The molecule has 0 fully saturated rings. The quantitative estimate of drug-likeness (QED) is 0.274. The third-order valence-electron chi connectivity index (χ3n) is 5.29. The number of benzene rings is 4. The molecule has 4 rings (SSSR count). The van der Waals surface area contributed by atoms with Gasteiger partial charge in [0.05, 0.1) is 10.5 Å². The number of halogens is 1. The number of amides is 2. The van der Waals surface area contributed by atoms with Gasteiger partial charge in [0.25, 0.3) is 5.91 Å². The van der Waals surface area contributed by atoms with Crippen LogP contribution >= 0.6 is 0 Å². The smallest absolute Gasteiger partial charge is 0.305 e. The van der Waals surface area contributed by atoms with E-state index >= 15 is 0 Å². The Morgan fingerprint density at radius 3 is 2.12 bits per heavy atom. The van der Waals surface area contributed by atoms with Crippen LogP contribution in [0, 0.1) is 15.9 Å². The first-order valence-electron chi connectivity index (χ1n) is 9.78. The first-order chi connectivity index (χ1) is 15.3. The van der Waals surface area contributed by atoms with Crippen molar-refractivity contribution >= 4 is 39.0 Å². The van der Waals surface area contributed by atoms with Crippen molar-refractivity contribution in [2.24, 2.45) is 5.73 Å². The summed E-state index contributed by atoms with van der Waals surface area (Å²) in [6.07, 6.45) is -0.120. The minimum absolute atomic E-state index is 0.120. The maximum Gasteiger partial charge on any atom is 0.305 e. The number of fused-ring (bicyclic) bond motifs is 2. The van der Waals surface area contributed by atoms with Gasteiger partial charge in [-0.1, -0.05) is 54.6 Å². The highest BCUT2D eigenvalue weighted by molar-refractivity contribution is 6.18. The molecule has 0 heterocycles. The van der Waals surface area contributed by atoms with Crippen LogP contribution in [0.25, 0.3) is 21.5 Å². The molecule has 8 heteroatoms. The van der Waals surface area contributed by atoms with E-state index in [9.17, 15) is 24.1 Å². The molecule has 32 heavy (non-hydrogen) atoms. The lowest BCUT2D eigenvalue weighted by molar-refractivity contribution is -0.387. The van der Waals surface area contributed by atoms with E-state index in [4.69, 9.17) is 5.73 Å². The number of primary amides is 1. The zero-order valence-electron chi connectivity index (χ0n) is 16.7. The number of carbonyl (C=O) groups is 2. The number of nitrogens with two attached hydrogens (primary N) is 1. The highest BCUT2D eigenvalue weighted by Crippen LogP contribution is 2.28. The number of nitrogens with zero attached hydrogens (tertiary/aromatic N) is 1. The standard InChI is InChI=1S/C24H18FN3O4/c25-19-10-9-14(12-21(19)28(31)32)11-20(23(26)29)27-24(30)22-17-7-3-1-5-15(17)13-16-6-2-4-8-18(16)22/h1-10,12-13,20H,11H2,(H2,26,29)(H,27,30)/t20-/m0/s1. The van der Waals surface area contributed by atoms with E-state index in [-0.39, 0.29) is 6.42 Å². The fourth-order valence-electron chi connectivity index (χ4n) is 3.77. The van der Waals surface area contributed by atoms with Crippen molar-refractivity contribution in [1.82, 2.24) is 5.32 Å². The average molecular weight is 431 g/mol. The molecule has 2 amide bonds. The lowest BCUT2D eigenvalue weighted by atomic mass is 9.95. The zero-order valence-corrected chi connectivity index (χ0v) is 16.7. The van der Waals surface area contributed by atoms with Crippen LogP contribution < -0.4 is 11.1 Å². The molecular formula is C24H18FN3O4. The molecule has 0 aliphatic carbocycles. The second-order valence-corrected chi connectivity index (χ2v) is 7.37. The normalized spacial score (nSPS) is 11.9. The minimum atomic E-state index is -1.15. The fourth-order valence-corrected chi connectivity index (χ4v) is 3.77. The van der Waals surface area contributed by atoms with E-state index in [2.05, 4.69) is 5.32 Å². The molecule has 0 aromatic heterocycles. The van der Waals surface area contributed by atoms with Gasteiger partial charge >= 0.3 is 5.69 Å². The van der Waals surface area contributed by atoms with Crippen molar-refractivity contribution < 1.29 is 18.9 Å². The highest BCUT2D eigenvalue weighted by atomic mass is 19.1. The fraction of sp³-hybridized carbons (Fsp3) is 0.0833. The van der Waals surface area contributed by atoms with Crippen LogP contribution in [0.1, 0.15) is 15.9 Å². The van der Waals surface area contributed by atoms with Gasteiger partial charge in [-0.2, -0.15) is 4.39 Å². The average Bonchev–Trinajstić information content (AvgIpc) is 2.77. The van der Waals surface area contributed by atoms with Crippen LogP contribution in [0.3, 0.4) is 0 Å². The van der Waals surface area contributed by atoms with Crippen LogP contribution in [0.5, 0.6) is 0 Å². The van der Waals surface area contributed by atoms with Gasteiger partial charge in [-0.05, 0) is 39.2 Å². The highest BCUT2D eigenvalue weighted by Gasteiger charge is 2.24. The van der Waals surface area contributed by atoms with E-state index < -0.39 is 34.3 Å². The molecule has 4 aromatic carbocycles. The summed E-state index contributed by atoms with van der Waals surface area (Å²) in [5.41, 5.74) is 5.49. The van der Waals surface area contributed by atoms with E-state index in [1.807, 2.05) is 54.6 Å². The van der Waals surface area contributed by atoms with Crippen molar-refractivity contribution in [2.75, 3.05) is 0 Å². The summed E-state index contributed by atoms with van der Waals surface area (Å²) in [6, 6.07) is 18.9. The lowest BCUT2D eigenvalue weighted by Crippen LogP contribution is -2.46. The largest absolute Gasteiger partial charge is 0.368 e. The molecule has 7 nitrogen and oxygen atoms in total. The summed E-state index contributed by atoms with van der Waals surface area (Å²) in [5.74, 6) is -2.30. The maximum atomic E-state index is 13.6. The van der Waals surface area contributed by atoms with E-state index in [0.717, 1.165) is 22.9 Å². The van der Waals surface area contributed by atoms with Gasteiger partial charge in [-0.15, -0.1) is 0 Å². The van der Waals surface area contributed by atoms with Crippen molar-refractivity contribution in [2.45, 2.75) is 12.5 Å². The SMILES string of the molecule is NC(=O)[C@H](Cc1ccc(F)c([N+](=O)[O-])c1)NC(=O)c1c2ccccc2cc2ccccc12. The second kappa shape index (κ2) is 8.43. The molecule has 0 aliphatic heterocycles. The molecule has 3 N–H and O–H groups in total. The van der Waals surface area contributed by atoms with Crippen molar-refractivity contribution in [3.8, 4) is 0 Å². The number of nitro benzene ring substituents is 1. The molecule has 0 aliphatic rings. The predicted octanol–water partition coefficient (Wildman–Crippen LogP) is 3.87. The van der Waals surface area contributed by atoms with Crippen molar-refractivity contribution in [1.29, 1.82) is 0 Å². The summed E-state index contributed by atoms with van der Waals surface area (Å²) in [7, 11) is 0. The Bertz CT molecular complexity index is 1330. The zero-order chi connectivity index (χ0) is 22.8. The summed E-state index contributed by atoms with van der Waals surface area (Å²) in [5, 5.41) is 16.8. The summed E-state index contributed by atoms with van der Waals surface area (Å²) < 4.78 is 13.6. The number of hydrogen-bond donors (Lipinski definition) is 2. The molecule has 1 atom stereocenters. The summed E-state index contributed by atoms with van der Waals surface area (Å²) in [6.45, 7) is 0. The number of hydrogen-bond acceptors (Lipinski definition) is 4. The van der Waals surface area contributed by atoms with E-state index in [1.165, 1.54) is 6.07 Å². The second-order valence-electron chi connectivity index (χ2n) is 7.37.